The largest absolute Gasteiger partial charge is 0.508 e. The molecule has 4 nitrogen and oxygen atoms in total. The van der Waals surface area contributed by atoms with Crippen LogP contribution in [0, 0.1) is 5.92 Å². The number of likely N-dealkylation sites (tertiary alicyclic amines) is 1. The number of aromatic hydroxyl groups is 1. The number of rotatable bonds is 3. The van der Waals surface area contributed by atoms with E-state index in [1.54, 1.807) is 6.07 Å². The van der Waals surface area contributed by atoms with E-state index in [1.165, 1.54) is 5.56 Å². The van der Waals surface area contributed by atoms with Crippen molar-refractivity contribution in [3.8, 4) is 5.75 Å². The molecule has 3 atom stereocenters. The average molecular weight is 429 g/mol. The van der Waals surface area contributed by atoms with Gasteiger partial charge in [0.2, 0.25) is 0 Å². The Balaban J connectivity index is 1.44. The van der Waals surface area contributed by atoms with Crippen LogP contribution in [0.2, 0.25) is 0 Å². The van der Waals surface area contributed by atoms with Crippen molar-refractivity contribution in [1.82, 2.24) is 9.80 Å². The molecule has 3 aromatic carbocycles. The minimum atomic E-state index is 0.00604. The highest BCUT2D eigenvalue weighted by Crippen LogP contribution is 2.50. The van der Waals surface area contributed by atoms with Gasteiger partial charge in [0, 0.05) is 30.6 Å². The van der Waals surface area contributed by atoms with Gasteiger partial charge in [-0.1, -0.05) is 42.5 Å². The molecule has 1 amide bonds. The Morgan fingerprint density at radius 1 is 1.03 bits per heavy atom. The molecule has 5 rings (SSSR count). The van der Waals surface area contributed by atoms with E-state index in [-0.39, 0.29) is 17.4 Å². The number of fused-ring (bicyclic) bond motifs is 2. The molecule has 1 heterocycles. The van der Waals surface area contributed by atoms with Crippen molar-refractivity contribution < 1.29 is 9.90 Å². The van der Waals surface area contributed by atoms with Gasteiger partial charge in [-0.25, -0.2) is 0 Å². The number of nitrogens with zero attached hydrogens (tertiary/aromatic N) is 2. The fourth-order valence-corrected chi connectivity index (χ4v) is 6.13. The molecule has 2 fully saturated rings. The van der Waals surface area contributed by atoms with Crippen molar-refractivity contribution in [2.24, 2.45) is 5.92 Å². The van der Waals surface area contributed by atoms with Crippen LogP contribution < -0.4 is 0 Å². The highest BCUT2D eigenvalue weighted by atomic mass is 16.3. The van der Waals surface area contributed by atoms with Gasteiger partial charge in [0.05, 0.1) is 0 Å². The first kappa shape index (κ1) is 21.0. The van der Waals surface area contributed by atoms with E-state index in [0.717, 1.165) is 55.1 Å². The summed E-state index contributed by atoms with van der Waals surface area (Å²) < 4.78 is 0. The third-order valence-corrected chi connectivity index (χ3v) is 7.99. The van der Waals surface area contributed by atoms with Crippen LogP contribution in [0.15, 0.2) is 66.7 Å². The minimum Gasteiger partial charge on any atom is -0.508 e. The molecule has 1 aliphatic carbocycles. The van der Waals surface area contributed by atoms with Gasteiger partial charge in [-0.05, 0) is 85.8 Å². The number of amides is 1. The lowest BCUT2D eigenvalue weighted by molar-refractivity contribution is 0.0259. The van der Waals surface area contributed by atoms with Crippen LogP contribution in [0.1, 0.15) is 41.6 Å². The third-order valence-electron chi connectivity index (χ3n) is 7.99. The molecule has 32 heavy (non-hydrogen) atoms. The Hall–Kier alpha value is -2.85. The van der Waals surface area contributed by atoms with Crippen molar-refractivity contribution >= 4 is 16.7 Å². The van der Waals surface area contributed by atoms with Crippen LogP contribution in [0.4, 0.5) is 0 Å². The van der Waals surface area contributed by atoms with Crippen LogP contribution in [-0.4, -0.2) is 54.0 Å². The van der Waals surface area contributed by atoms with Crippen molar-refractivity contribution in [2.75, 3.05) is 27.2 Å². The van der Waals surface area contributed by atoms with Crippen molar-refractivity contribution in [3.05, 3.63) is 77.9 Å². The highest BCUT2D eigenvalue weighted by molar-refractivity contribution is 5.98. The molecule has 0 radical (unpaired) electrons. The molecule has 0 bridgehead atoms. The summed E-state index contributed by atoms with van der Waals surface area (Å²) in [5, 5.41) is 12.5. The predicted octanol–water partition coefficient (Wildman–Crippen LogP) is 5.06. The Bertz CT molecular complexity index is 1140. The molecule has 1 saturated carbocycles. The molecule has 1 aliphatic heterocycles. The van der Waals surface area contributed by atoms with E-state index in [1.807, 2.05) is 54.4 Å². The first-order valence-corrected chi connectivity index (χ1v) is 11.7. The van der Waals surface area contributed by atoms with Crippen LogP contribution in [0.25, 0.3) is 10.8 Å². The molecule has 1 N–H and O–H groups in total. The molecular formula is C28H32N2O2. The molecule has 0 aromatic heterocycles. The molecule has 166 valence electrons. The summed E-state index contributed by atoms with van der Waals surface area (Å²) in [5.41, 5.74) is 1.99. The lowest BCUT2D eigenvalue weighted by atomic mass is 9.58. The number of phenolic OH excluding ortho intramolecular Hbond substituents is 1. The van der Waals surface area contributed by atoms with Gasteiger partial charge < -0.3 is 14.9 Å². The molecule has 2 aliphatic rings. The Morgan fingerprint density at radius 3 is 2.66 bits per heavy atom. The second-order valence-corrected chi connectivity index (χ2v) is 9.83. The summed E-state index contributed by atoms with van der Waals surface area (Å²) in [6, 6.07) is 22.2. The van der Waals surface area contributed by atoms with Crippen molar-refractivity contribution in [2.45, 2.75) is 37.1 Å². The predicted molar refractivity (Wildman–Crippen MR) is 129 cm³/mol. The average Bonchev–Trinajstić information content (AvgIpc) is 2.82. The van der Waals surface area contributed by atoms with Crippen LogP contribution >= 0.6 is 0 Å². The summed E-state index contributed by atoms with van der Waals surface area (Å²) in [6.07, 6.45) is 4.13. The van der Waals surface area contributed by atoms with E-state index in [2.05, 4.69) is 30.1 Å². The normalized spacial score (nSPS) is 25.9. The van der Waals surface area contributed by atoms with Gasteiger partial charge >= 0.3 is 0 Å². The van der Waals surface area contributed by atoms with E-state index in [9.17, 15) is 9.90 Å². The summed E-state index contributed by atoms with van der Waals surface area (Å²) in [7, 11) is 4.17. The summed E-state index contributed by atoms with van der Waals surface area (Å²) in [6.45, 7) is 2.12. The van der Waals surface area contributed by atoms with Gasteiger partial charge in [-0.2, -0.15) is 0 Å². The second-order valence-electron chi connectivity index (χ2n) is 9.83. The first-order valence-electron chi connectivity index (χ1n) is 11.7. The topological polar surface area (TPSA) is 43.8 Å². The summed E-state index contributed by atoms with van der Waals surface area (Å²) >= 11 is 0. The van der Waals surface area contributed by atoms with Gasteiger partial charge in [0.15, 0.2) is 0 Å². The van der Waals surface area contributed by atoms with E-state index >= 15 is 0 Å². The standard InChI is InChI=1S/C28H32N2O2/c1-29-15-14-28(23-8-5-9-26(31)17-23)18-25(13-12-24(28)19-29)30(2)27(32)22-11-10-20-6-3-4-7-21(20)16-22/h3-11,16-17,24-25,31H,12-15,18-19H2,1-2H3. The molecule has 0 spiro atoms. The Labute approximate surface area is 190 Å². The number of carbonyl (C=O) groups excluding carboxylic acids is 1. The van der Waals surface area contributed by atoms with Crippen LogP contribution in [0.5, 0.6) is 5.75 Å². The van der Waals surface area contributed by atoms with E-state index < -0.39 is 0 Å². The number of phenols is 1. The van der Waals surface area contributed by atoms with Gasteiger partial charge in [-0.3, -0.25) is 4.79 Å². The van der Waals surface area contributed by atoms with Gasteiger partial charge in [-0.15, -0.1) is 0 Å². The number of hydrogen-bond donors (Lipinski definition) is 1. The van der Waals surface area contributed by atoms with Crippen LogP contribution in [0.3, 0.4) is 0 Å². The fraction of sp³-hybridized carbons (Fsp3) is 0.393. The van der Waals surface area contributed by atoms with Gasteiger partial charge in [0.25, 0.3) is 5.91 Å². The number of carbonyl (C=O) groups is 1. The first-order chi connectivity index (χ1) is 15.5. The maximum atomic E-state index is 13.5. The number of piperidine rings is 1. The zero-order valence-corrected chi connectivity index (χ0v) is 19.0. The monoisotopic (exact) mass is 428 g/mol. The lowest BCUT2D eigenvalue weighted by Gasteiger charge is -2.53. The molecular weight excluding hydrogens is 396 g/mol. The SMILES string of the molecule is CN1CCC2(c3cccc(O)c3)CC(N(C)C(=O)c3ccc4ccccc4c3)CCC2C1. The highest BCUT2D eigenvalue weighted by Gasteiger charge is 2.48. The smallest absolute Gasteiger partial charge is 0.253 e. The lowest BCUT2D eigenvalue weighted by Crippen LogP contribution is -2.55. The van der Waals surface area contributed by atoms with E-state index in [4.69, 9.17) is 0 Å². The summed E-state index contributed by atoms with van der Waals surface area (Å²) in [5.74, 6) is 0.971. The Morgan fingerprint density at radius 2 is 1.84 bits per heavy atom. The van der Waals surface area contributed by atoms with Crippen molar-refractivity contribution in [1.29, 1.82) is 0 Å². The maximum absolute atomic E-state index is 13.5. The maximum Gasteiger partial charge on any atom is 0.253 e. The number of benzene rings is 3. The third kappa shape index (κ3) is 3.67. The molecule has 3 aromatic rings. The zero-order valence-electron chi connectivity index (χ0n) is 19.0. The Kier molecular flexibility index (Phi) is 5.42. The summed E-state index contributed by atoms with van der Waals surface area (Å²) in [4.78, 5) is 17.9. The molecule has 3 unspecified atom stereocenters. The van der Waals surface area contributed by atoms with Crippen LogP contribution in [-0.2, 0) is 5.41 Å². The minimum absolute atomic E-state index is 0.00604. The van der Waals surface area contributed by atoms with E-state index in [0.29, 0.717) is 11.7 Å². The zero-order chi connectivity index (χ0) is 22.3. The van der Waals surface area contributed by atoms with Crippen molar-refractivity contribution in [3.63, 3.8) is 0 Å². The molecule has 1 saturated heterocycles. The second kappa shape index (κ2) is 8.25. The quantitative estimate of drug-likeness (QED) is 0.634. The molecule has 4 heteroatoms. The van der Waals surface area contributed by atoms with Gasteiger partial charge in [0.1, 0.15) is 5.75 Å². The number of hydrogen-bond acceptors (Lipinski definition) is 3. The fourth-order valence-electron chi connectivity index (χ4n) is 6.13.